The number of nitrogens with zero attached hydrogens (tertiary/aromatic N) is 2. The highest BCUT2D eigenvalue weighted by Gasteiger charge is 2.29. The number of benzene rings is 4. The van der Waals surface area contributed by atoms with Crippen LogP contribution >= 0.6 is 0 Å². The highest BCUT2D eigenvalue weighted by atomic mass is 32.2. The van der Waals surface area contributed by atoms with Gasteiger partial charge in [0.05, 0.1) is 9.79 Å². The van der Waals surface area contributed by atoms with Gasteiger partial charge in [0.15, 0.2) is 11.6 Å². The average Bonchev–Trinajstić information content (AvgIpc) is 3.31. The second kappa shape index (κ2) is 22.8. The summed E-state index contributed by atoms with van der Waals surface area (Å²) in [6, 6.07) is 18.8. The fourth-order valence-corrected chi connectivity index (χ4v) is 10.3. The lowest BCUT2D eigenvalue weighted by Gasteiger charge is -2.37. The van der Waals surface area contributed by atoms with Crippen molar-refractivity contribution in [3.8, 4) is 0 Å². The Morgan fingerprint density at radius 3 is 1.15 bits per heavy atom. The zero-order chi connectivity index (χ0) is 52.7. The van der Waals surface area contributed by atoms with E-state index >= 15 is 0 Å². The summed E-state index contributed by atoms with van der Waals surface area (Å²) in [6.07, 6.45) is 9.67. The molecule has 6 aromatic rings. The zero-order valence-electron chi connectivity index (χ0n) is 39.9. The molecule has 4 aromatic carbocycles. The maximum Gasteiger partial charge on any atom is 0.347 e. The molecule has 0 saturated heterocycles. The first kappa shape index (κ1) is 53.9. The Kier molecular flexibility index (Phi) is 17.1. The highest BCUT2D eigenvalue weighted by molar-refractivity contribution is 7.86. The molecule has 0 atom stereocenters. The molecule has 0 aliphatic carbocycles. The van der Waals surface area contributed by atoms with Gasteiger partial charge in [0.1, 0.15) is 42.5 Å². The molecule has 0 radical (unpaired) electrons. The quantitative estimate of drug-likeness (QED) is 0.0421. The maximum absolute atomic E-state index is 12.0. The maximum atomic E-state index is 12.0. The van der Waals surface area contributed by atoms with Gasteiger partial charge in [0, 0.05) is 59.5 Å². The summed E-state index contributed by atoms with van der Waals surface area (Å²) in [7, 11) is -8.88. The highest BCUT2D eigenvalue weighted by Crippen LogP contribution is 2.41. The molecular formula is C50H58N8O12S2. The molecule has 4 aliphatic rings. The lowest BCUT2D eigenvalue weighted by Crippen LogP contribution is -2.51. The van der Waals surface area contributed by atoms with Crippen molar-refractivity contribution < 1.29 is 55.2 Å². The molecule has 10 rings (SSSR count). The Balaban J connectivity index is 0.000000164. The molecule has 6 heterocycles. The van der Waals surface area contributed by atoms with E-state index in [4.69, 9.17) is 8.83 Å². The van der Waals surface area contributed by atoms with Crippen LogP contribution in [0.4, 0.5) is 11.4 Å². The summed E-state index contributed by atoms with van der Waals surface area (Å²) in [5, 5.41) is 10.9. The van der Waals surface area contributed by atoms with Gasteiger partial charge in [-0.05, 0) is 149 Å². The standard InChI is InChI=1S/2C17H17NO3.C14H14O6S2.2CH5N3/c2*1-10(19)14-9-12-8-11-4-2-6-18-7-3-5-13(15(11)18)16(12)21-17(14)20;15-21(16,17)13-7-3-11(4-8-13)1-2-12-5-9-14(10-6-12)22(18,19)20;2*2-1(3)4/h2*8-9H,2-7H2,1H3;3-10H,1-2H2,(H,15,16,17)(H,18,19,20);2*(H5,2,3,4). The minimum atomic E-state index is -4.44. The number of Topliss-reactive ketones (excluding diaryl/α,β-unsaturated/α-hetero) is 2. The lowest BCUT2D eigenvalue weighted by molar-refractivity contribution is -0.117. The molecule has 2 aromatic heterocycles. The zero-order valence-corrected chi connectivity index (χ0v) is 41.5. The van der Waals surface area contributed by atoms with Crippen LogP contribution in [0, 0.1) is 0 Å². The first-order valence-electron chi connectivity index (χ1n) is 23.1. The van der Waals surface area contributed by atoms with Crippen molar-refractivity contribution in [1.82, 2.24) is 0 Å². The number of rotatable bonds is 7. The van der Waals surface area contributed by atoms with Crippen molar-refractivity contribution >= 4 is 77.0 Å². The molecule has 22 heteroatoms. The van der Waals surface area contributed by atoms with Gasteiger partial charge in [-0.15, -0.1) is 0 Å². The predicted octanol–water partition coefficient (Wildman–Crippen LogP) is 0.707. The number of hydrogen-bond acceptors (Lipinski definition) is 14. The summed E-state index contributed by atoms with van der Waals surface area (Å²) >= 11 is 0. The van der Waals surface area contributed by atoms with Crippen LogP contribution in [0.3, 0.4) is 0 Å². The van der Waals surface area contributed by atoms with E-state index in [-0.39, 0.29) is 44.4 Å². The van der Waals surface area contributed by atoms with Crippen molar-refractivity contribution in [2.75, 3.05) is 36.0 Å². The van der Waals surface area contributed by atoms with Gasteiger partial charge in [-0.3, -0.25) is 43.3 Å². The number of guanidine groups is 2. The molecular weight excluding hydrogens is 969 g/mol. The van der Waals surface area contributed by atoms with Gasteiger partial charge in [-0.25, -0.2) is 26.4 Å². The average molecular weight is 1030 g/mol. The predicted molar refractivity (Wildman–Crippen MR) is 270 cm³/mol. The van der Waals surface area contributed by atoms with Crippen molar-refractivity contribution in [1.29, 1.82) is 0 Å². The van der Waals surface area contributed by atoms with Crippen LogP contribution in [0.5, 0.6) is 0 Å². The summed E-state index contributed by atoms with van der Waals surface area (Å²) in [4.78, 5) is 51.4. The van der Waals surface area contributed by atoms with Gasteiger partial charge in [-0.1, -0.05) is 24.3 Å². The smallest absolute Gasteiger partial charge is 0.347 e. The van der Waals surface area contributed by atoms with E-state index in [1.807, 2.05) is 0 Å². The Bertz CT molecular complexity index is 3170. The Hall–Kier alpha value is -7.40. The van der Waals surface area contributed by atoms with Crippen LogP contribution in [-0.2, 0) is 58.8 Å². The molecule has 0 bridgehead atoms. The number of ketones is 2. The molecule has 382 valence electrons. The van der Waals surface area contributed by atoms with Gasteiger partial charge in [0.25, 0.3) is 0 Å². The molecule has 72 heavy (non-hydrogen) atoms. The molecule has 0 fully saturated rings. The SMILES string of the molecule is CC(=O)c1cc2cc3c4c(c2oc1=O)CCCN4CCC3.CC(=O)c1cc2cc3c4c(c2oc1=O)CCCN4CCC3.NC(N)=[NH2+].NC(N)=[NH2+].O=S(=O)([O-])c1ccc(CCc2ccc(S(=O)(=O)[O-])cc2)cc1. The molecule has 4 aliphatic heterocycles. The number of aryl methyl sites for hydroxylation is 6. The Morgan fingerprint density at radius 2 is 0.861 bits per heavy atom. The van der Waals surface area contributed by atoms with Crippen LogP contribution in [-0.4, -0.2) is 75.6 Å². The monoisotopic (exact) mass is 1030 g/mol. The van der Waals surface area contributed by atoms with Crippen LogP contribution in [0.1, 0.15) is 93.6 Å². The largest absolute Gasteiger partial charge is 0.744 e. The second-order valence-corrected chi connectivity index (χ2v) is 20.4. The third kappa shape index (κ3) is 13.3. The van der Waals surface area contributed by atoms with E-state index in [9.17, 15) is 45.1 Å². The molecule has 0 unspecified atom stereocenters. The third-order valence-corrected chi connectivity index (χ3v) is 14.0. The van der Waals surface area contributed by atoms with E-state index in [0.29, 0.717) is 24.0 Å². The summed E-state index contributed by atoms with van der Waals surface area (Å²) in [5.74, 6) is -0.641. The number of nitrogens with two attached hydrogens (primary N) is 6. The number of fused-ring (bicyclic) bond motifs is 4. The van der Waals surface area contributed by atoms with Crippen molar-refractivity contribution in [2.45, 2.75) is 87.8 Å². The molecule has 12 N–H and O–H groups in total. The third-order valence-electron chi connectivity index (χ3n) is 12.3. The normalized spacial score (nSPS) is 14.3. The lowest BCUT2D eigenvalue weighted by atomic mass is 9.90. The first-order valence-corrected chi connectivity index (χ1v) is 25.9. The fraction of sp³-hybridized carbons (Fsp3) is 0.320. The number of hydrogen-bond donors (Lipinski definition) is 6. The van der Waals surface area contributed by atoms with Crippen LogP contribution in [0.15, 0.2) is 101 Å². The molecule has 20 nitrogen and oxygen atoms in total. The van der Waals surface area contributed by atoms with E-state index in [2.05, 4.69) is 55.7 Å². The minimum absolute atomic E-state index is 0.0833. The number of anilines is 2. The van der Waals surface area contributed by atoms with Crippen molar-refractivity contribution in [2.24, 2.45) is 22.9 Å². The Morgan fingerprint density at radius 1 is 0.556 bits per heavy atom. The van der Waals surface area contributed by atoms with Crippen molar-refractivity contribution in [3.05, 3.63) is 138 Å². The number of carbonyl (C=O) groups excluding carboxylic acids is 2. The van der Waals surface area contributed by atoms with E-state index < -0.39 is 31.5 Å². The summed E-state index contributed by atoms with van der Waals surface area (Å²) in [6.45, 7) is 7.15. The molecule has 0 spiro atoms. The molecule has 0 amide bonds. The minimum Gasteiger partial charge on any atom is -0.744 e. The Labute approximate surface area is 415 Å². The van der Waals surface area contributed by atoms with Crippen LogP contribution in [0.25, 0.3) is 21.9 Å². The second-order valence-electron chi connectivity index (χ2n) is 17.7. The van der Waals surface area contributed by atoms with Crippen LogP contribution in [0.2, 0.25) is 0 Å². The van der Waals surface area contributed by atoms with Crippen molar-refractivity contribution in [3.63, 3.8) is 0 Å². The topological polar surface area (TPSA) is 371 Å². The van der Waals surface area contributed by atoms with E-state index in [1.165, 1.54) is 60.6 Å². The summed E-state index contributed by atoms with van der Waals surface area (Å²) in [5.41, 5.74) is 28.2. The van der Waals surface area contributed by atoms with Gasteiger partial charge >= 0.3 is 23.2 Å². The van der Waals surface area contributed by atoms with Gasteiger partial charge in [0.2, 0.25) is 0 Å². The van der Waals surface area contributed by atoms with E-state index in [1.54, 1.807) is 36.4 Å². The van der Waals surface area contributed by atoms with Gasteiger partial charge < -0.3 is 27.7 Å². The first-order chi connectivity index (χ1) is 33.9. The van der Waals surface area contributed by atoms with E-state index in [0.717, 1.165) is 111 Å². The van der Waals surface area contributed by atoms with Crippen LogP contribution < -0.4 is 54.8 Å². The molecule has 0 saturated carbocycles. The van der Waals surface area contributed by atoms with Gasteiger partial charge in [-0.2, -0.15) is 0 Å². The fourth-order valence-electron chi connectivity index (χ4n) is 9.32. The number of carbonyl (C=O) groups is 2. The summed E-state index contributed by atoms with van der Waals surface area (Å²) < 4.78 is 75.9.